The van der Waals surface area contributed by atoms with Crippen LogP contribution < -0.4 is 5.73 Å². The zero-order chi connectivity index (χ0) is 14.9. The lowest BCUT2D eigenvalue weighted by molar-refractivity contribution is 0.250. The second kappa shape index (κ2) is 7.37. The molecule has 1 aromatic carbocycles. The third-order valence-corrected chi connectivity index (χ3v) is 6.31. The predicted octanol–water partition coefficient (Wildman–Crippen LogP) is 2.76. The molecule has 1 aromatic rings. The Morgan fingerprint density at radius 1 is 1.38 bits per heavy atom. The second-order valence-corrected chi connectivity index (χ2v) is 7.97. The Balaban J connectivity index is 0.00000220. The SMILES string of the molecule is CC(N)C1CCN(S(=O)(=O)c2ccc(Br)c(F)c2)CC1.Cl. The fraction of sp³-hybridized carbons (Fsp3) is 0.538. The number of rotatable bonds is 3. The third kappa shape index (κ3) is 4.16. The lowest BCUT2D eigenvalue weighted by Gasteiger charge is -2.32. The maximum Gasteiger partial charge on any atom is 0.243 e. The van der Waals surface area contributed by atoms with Gasteiger partial charge in [-0.1, -0.05) is 0 Å². The van der Waals surface area contributed by atoms with Gasteiger partial charge in [0.15, 0.2) is 0 Å². The zero-order valence-electron chi connectivity index (χ0n) is 11.6. The summed E-state index contributed by atoms with van der Waals surface area (Å²) < 4.78 is 40.0. The molecule has 0 aliphatic carbocycles. The van der Waals surface area contributed by atoms with Gasteiger partial charge < -0.3 is 5.73 Å². The molecule has 0 amide bonds. The van der Waals surface area contributed by atoms with Gasteiger partial charge in [-0.2, -0.15) is 4.31 Å². The summed E-state index contributed by atoms with van der Waals surface area (Å²) in [6.45, 7) is 2.82. The van der Waals surface area contributed by atoms with E-state index < -0.39 is 15.8 Å². The molecule has 0 spiro atoms. The van der Waals surface area contributed by atoms with E-state index in [4.69, 9.17) is 5.73 Å². The molecule has 120 valence electrons. The molecular formula is C13H19BrClFN2O2S. The van der Waals surface area contributed by atoms with Gasteiger partial charge in [0.25, 0.3) is 0 Å². The van der Waals surface area contributed by atoms with Gasteiger partial charge in [0, 0.05) is 19.1 Å². The number of halogens is 3. The molecule has 1 saturated heterocycles. The molecule has 1 atom stereocenters. The van der Waals surface area contributed by atoms with Gasteiger partial charge in [-0.25, -0.2) is 12.8 Å². The van der Waals surface area contributed by atoms with Crippen LogP contribution in [0, 0.1) is 11.7 Å². The Kier molecular flexibility index (Phi) is 6.61. The smallest absolute Gasteiger partial charge is 0.243 e. The van der Waals surface area contributed by atoms with Gasteiger partial charge in [-0.05, 0) is 59.8 Å². The summed E-state index contributed by atoms with van der Waals surface area (Å²) in [6.07, 6.45) is 1.49. The van der Waals surface area contributed by atoms with E-state index in [9.17, 15) is 12.8 Å². The molecule has 0 aromatic heterocycles. The van der Waals surface area contributed by atoms with Crippen molar-refractivity contribution in [2.45, 2.75) is 30.7 Å². The quantitative estimate of drug-likeness (QED) is 0.847. The Morgan fingerprint density at radius 2 is 1.95 bits per heavy atom. The molecular weight excluding hydrogens is 383 g/mol. The number of piperidine rings is 1. The average Bonchev–Trinajstić information content (AvgIpc) is 2.41. The largest absolute Gasteiger partial charge is 0.328 e. The topological polar surface area (TPSA) is 63.4 Å². The molecule has 0 bridgehead atoms. The zero-order valence-corrected chi connectivity index (χ0v) is 14.8. The first kappa shape index (κ1) is 18.8. The van der Waals surface area contributed by atoms with Crippen molar-refractivity contribution in [1.29, 1.82) is 0 Å². The highest BCUT2D eigenvalue weighted by molar-refractivity contribution is 9.10. The molecule has 1 aliphatic heterocycles. The summed E-state index contributed by atoms with van der Waals surface area (Å²) in [6, 6.07) is 3.96. The van der Waals surface area contributed by atoms with Crippen LogP contribution in [0.25, 0.3) is 0 Å². The highest BCUT2D eigenvalue weighted by atomic mass is 79.9. The number of hydrogen-bond donors (Lipinski definition) is 1. The van der Waals surface area contributed by atoms with Crippen molar-refractivity contribution in [3.05, 3.63) is 28.5 Å². The molecule has 1 fully saturated rings. The minimum absolute atomic E-state index is 0. The van der Waals surface area contributed by atoms with E-state index in [2.05, 4.69) is 15.9 Å². The minimum atomic E-state index is -3.62. The molecule has 1 unspecified atom stereocenters. The maximum absolute atomic E-state index is 13.5. The lowest BCUT2D eigenvalue weighted by atomic mass is 9.92. The number of hydrogen-bond acceptors (Lipinski definition) is 3. The van der Waals surface area contributed by atoms with Crippen molar-refractivity contribution in [3.8, 4) is 0 Å². The number of sulfonamides is 1. The van der Waals surface area contributed by atoms with Crippen LogP contribution in [0.5, 0.6) is 0 Å². The molecule has 1 heterocycles. The molecule has 2 N–H and O–H groups in total. The minimum Gasteiger partial charge on any atom is -0.328 e. The summed E-state index contributed by atoms with van der Waals surface area (Å²) in [5.74, 6) is -0.223. The molecule has 2 rings (SSSR count). The van der Waals surface area contributed by atoms with E-state index in [0.29, 0.717) is 19.0 Å². The Morgan fingerprint density at radius 3 is 2.43 bits per heavy atom. The van der Waals surface area contributed by atoms with Crippen LogP contribution in [0.4, 0.5) is 4.39 Å². The van der Waals surface area contributed by atoms with Crippen LogP contribution in [0.2, 0.25) is 0 Å². The van der Waals surface area contributed by atoms with Crippen molar-refractivity contribution in [1.82, 2.24) is 4.31 Å². The second-order valence-electron chi connectivity index (χ2n) is 5.18. The van der Waals surface area contributed by atoms with Crippen molar-refractivity contribution < 1.29 is 12.8 Å². The predicted molar refractivity (Wildman–Crippen MR) is 86.5 cm³/mol. The lowest BCUT2D eigenvalue weighted by Crippen LogP contribution is -2.42. The van der Waals surface area contributed by atoms with Crippen LogP contribution in [0.3, 0.4) is 0 Å². The standard InChI is InChI=1S/C13H18BrFN2O2S.ClH/c1-9(16)10-4-6-17(7-5-10)20(18,19)11-2-3-12(14)13(15)8-11;/h2-3,8-10H,4-7,16H2,1H3;1H. The molecule has 21 heavy (non-hydrogen) atoms. The van der Waals surface area contributed by atoms with Crippen LogP contribution in [-0.2, 0) is 10.0 Å². The first-order valence-electron chi connectivity index (χ1n) is 6.53. The van der Waals surface area contributed by atoms with Crippen molar-refractivity contribution in [3.63, 3.8) is 0 Å². The number of nitrogens with zero attached hydrogens (tertiary/aromatic N) is 1. The Labute approximate surface area is 139 Å². The highest BCUT2D eigenvalue weighted by Crippen LogP contribution is 2.26. The number of nitrogens with two attached hydrogens (primary N) is 1. The van der Waals surface area contributed by atoms with Crippen LogP contribution in [0.15, 0.2) is 27.6 Å². The van der Waals surface area contributed by atoms with Gasteiger partial charge in [0.2, 0.25) is 10.0 Å². The molecule has 0 saturated carbocycles. The first-order valence-corrected chi connectivity index (χ1v) is 8.76. The number of benzene rings is 1. The van der Waals surface area contributed by atoms with Gasteiger partial charge in [-0.3, -0.25) is 0 Å². The van der Waals surface area contributed by atoms with Crippen molar-refractivity contribution in [2.24, 2.45) is 11.7 Å². The van der Waals surface area contributed by atoms with Gasteiger partial charge in [0.05, 0.1) is 9.37 Å². The van der Waals surface area contributed by atoms with Crippen LogP contribution >= 0.6 is 28.3 Å². The third-order valence-electron chi connectivity index (χ3n) is 3.77. The van der Waals surface area contributed by atoms with Gasteiger partial charge in [-0.15, -0.1) is 12.4 Å². The maximum atomic E-state index is 13.5. The highest BCUT2D eigenvalue weighted by Gasteiger charge is 2.30. The fourth-order valence-electron chi connectivity index (χ4n) is 2.43. The molecule has 8 heteroatoms. The monoisotopic (exact) mass is 400 g/mol. The fourth-order valence-corrected chi connectivity index (χ4v) is 4.16. The van der Waals surface area contributed by atoms with E-state index in [1.54, 1.807) is 0 Å². The molecule has 1 aliphatic rings. The molecule has 4 nitrogen and oxygen atoms in total. The van der Waals surface area contributed by atoms with E-state index in [-0.39, 0.29) is 27.8 Å². The van der Waals surface area contributed by atoms with Crippen molar-refractivity contribution >= 4 is 38.4 Å². The summed E-state index contributed by atoms with van der Waals surface area (Å²) in [4.78, 5) is -0.00236. The Bertz CT molecular complexity index is 590. The Hall–Kier alpha value is -0.210. The van der Waals surface area contributed by atoms with E-state index in [1.165, 1.54) is 16.4 Å². The summed E-state index contributed by atoms with van der Waals surface area (Å²) in [7, 11) is -3.62. The van der Waals surface area contributed by atoms with Crippen LogP contribution in [-0.4, -0.2) is 31.9 Å². The van der Waals surface area contributed by atoms with E-state index in [0.717, 1.165) is 18.9 Å². The summed E-state index contributed by atoms with van der Waals surface area (Å²) in [5, 5.41) is 0. The van der Waals surface area contributed by atoms with E-state index in [1.807, 2.05) is 6.92 Å². The van der Waals surface area contributed by atoms with E-state index >= 15 is 0 Å². The van der Waals surface area contributed by atoms with Gasteiger partial charge >= 0.3 is 0 Å². The van der Waals surface area contributed by atoms with Gasteiger partial charge in [0.1, 0.15) is 5.82 Å². The molecule has 0 radical (unpaired) electrons. The first-order chi connectivity index (χ1) is 9.32. The van der Waals surface area contributed by atoms with Crippen LogP contribution in [0.1, 0.15) is 19.8 Å². The average molecular weight is 402 g/mol. The summed E-state index contributed by atoms with van der Waals surface area (Å²) >= 11 is 3.02. The summed E-state index contributed by atoms with van der Waals surface area (Å²) in [5.41, 5.74) is 5.85. The van der Waals surface area contributed by atoms with Crippen molar-refractivity contribution in [2.75, 3.05) is 13.1 Å². The normalized spacial score (nSPS) is 19.0.